The number of benzene rings is 1. The number of carbonyl (C=O) groups excluding carboxylic acids is 2. The second-order valence-electron chi connectivity index (χ2n) is 6.42. The van der Waals surface area contributed by atoms with E-state index in [1.54, 1.807) is 24.3 Å². The molecule has 136 valence electrons. The predicted molar refractivity (Wildman–Crippen MR) is 95.4 cm³/mol. The molecule has 0 aromatic heterocycles. The second-order valence-corrected chi connectivity index (χ2v) is 9.12. The SMILES string of the molecule is O=C(CCCCC1C2NC(=O)NC2CS1(=O)=O)Nc1cccc(Cl)c1. The fourth-order valence-corrected chi connectivity index (χ4v) is 5.89. The van der Waals surface area contributed by atoms with Gasteiger partial charge in [0.15, 0.2) is 9.84 Å². The van der Waals surface area contributed by atoms with Gasteiger partial charge in [-0.2, -0.15) is 0 Å². The van der Waals surface area contributed by atoms with E-state index in [2.05, 4.69) is 16.0 Å². The van der Waals surface area contributed by atoms with E-state index < -0.39 is 15.1 Å². The van der Waals surface area contributed by atoms with Gasteiger partial charge in [-0.25, -0.2) is 13.2 Å². The first-order valence-corrected chi connectivity index (χ1v) is 10.3. The van der Waals surface area contributed by atoms with Crippen LogP contribution in [-0.2, 0) is 14.6 Å². The number of hydrogen-bond acceptors (Lipinski definition) is 4. The molecule has 3 amide bonds. The van der Waals surface area contributed by atoms with Crippen LogP contribution in [0.3, 0.4) is 0 Å². The van der Waals surface area contributed by atoms with Crippen LogP contribution in [0.15, 0.2) is 24.3 Å². The summed E-state index contributed by atoms with van der Waals surface area (Å²) >= 11 is 5.87. The molecule has 2 aliphatic heterocycles. The highest BCUT2D eigenvalue weighted by molar-refractivity contribution is 7.92. The molecule has 7 nitrogen and oxygen atoms in total. The highest BCUT2D eigenvalue weighted by atomic mass is 35.5. The normalized spacial score (nSPS) is 26.6. The van der Waals surface area contributed by atoms with Crippen LogP contribution >= 0.6 is 11.6 Å². The van der Waals surface area contributed by atoms with Crippen molar-refractivity contribution in [3.63, 3.8) is 0 Å². The van der Waals surface area contributed by atoms with Crippen molar-refractivity contribution in [2.24, 2.45) is 0 Å². The number of nitrogens with one attached hydrogen (secondary N) is 3. The van der Waals surface area contributed by atoms with Crippen LogP contribution < -0.4 is 16.0 Å². The maximum atomic E-state index is 12.2. The van der Waals surface area contributed by atoms with Crippen LogP contribution in [0, 0.1) is 0 Å². The molecule has 0 aliphatic carbocycles. The zero-order valence-corrected chi connectivity index (χ0v) is 15.1. The van der Waals surface area contributed by atoms with Gasteiger partial charge in [0.25, 0.3) is 0 Å². The molecule has 9 heteroatoms. The fraction of sp³-hybridized carbons (Fsp3) is 0.500. The van der Waals surface area contributed by atoms with Crippen LogP contribution in [-0.4, -0.2) is 43.4 Å². The van der Waals surface area contributed by atoms with Crippen LogP contribution in [0.25, 0.3) is 0 Å². The van der Waals surface area contributed by atoms with Gasteiger partial charge in [0.2, 0.25) is 5.91 Å². The zero-order valence-electron chi connectivity index (χ0n) is 13.5. The highest BCUT2D eigenvalue weighted by Gasteiger charge is 2.51. The highest BCUT2D eigenvalue weighted by Crippen LogP contribution is 2.28. The topological polar surface area (TPSA) is 104 Å². The summed E-state index contributed by atoms with van der Waals surface area (Å²) in [5.41, 5.74) is 0.637. The third kappa shape index (κ3) is 4.24. The lowest BCUT2D eigenvalue weighted by Gasteiger charge is -2.16. The summed E-state index contributed by atoms with van der Waals surface area (Å²) in [6.07, 6.45) is 1.93. The number of sulfone groups is 1. The largest absolute Gasteiger partial charge is 0.332 e. The van der Waals surface area contributed by atoms with Gasteiger partial charge >= 0.3 is 6.03 Å². The summed E-state index contributed by atoms with van der Waals surface area (Å²) < 4.78 is 24.4. The minimum Gasteiger partial charge on any atom is -0.332 e. The first-order valence-electron chi connectivity index (χ1n) is 8.19. The van der Waals surface area contributed by atoms with Crippen molar-refractivity contribution >= 4 is 39.1 Å². The predicted octanol–water partition coefficient (Wildman–Crippen LogP) is 1.69. The number of hydrogen-bond donors (Lipinski definition) is 3. The van der Waals surface area contributed by atoms with E-state index >= 15 is 0 Å². The Morgan fingerprint density at radius 3 is 2.84 bits per heavy atom. The van der Waals surface area contributed by atoms with Crippen molar-refractivity contribution in [1.29, 1.82) is 0 Å². The van der Waals surface area contributed by atoms with Gasteiger partial charge in [0.05, 0.1) is 23.1 Å². The molecule has 0 spiro atoms. The maximum absolute atomic E-state index is 12.2. The Bertz CT molecular complexity index is 783. The average Bonchev–Trinajstić information content (AvgIpc) is 2.96. The van der Waals surface area contributed by atoms with Gasteiger partial charge in [-0.3, -0.25) is 4.79 Å². The molecule has 2 heterocycles. The number of rotatable bonds is 6. The van der Waals surface area contributed by atoms with Crippen molar-refractivity contribution in [3.8, 4) is 0 Å². The van der Waals surface area contributed by atoms with E-state index in [0.717, 1.165) is 0 Å². The van der Waals surface area contributed by atoms with Crippen molar-refractivity contribution in [2.45, 2.75) is 43.0 Å². The zero-order chi connectivity index (χ0) is 18.0. The summed E-state index contributed by atoms with van der Waals surface area (Å²) in [6, 6.07) is 5.89. The molecule has 1 aromatic carbocycles. The summed E-state index contributed by atoms with van der Waals surface area (Å²) in [6.45, 7) is 0. The van der Waals surface area contributed by atoms with Crippen molar-refractivity contribution in [3.05, 3.63) is 29.3 Å². The standard InChI is InChI=1S/C16H20ClN3O4S/c17-10-4-3-5-11(8-10)18-14(21)7-2-1-6-13-15-12(9-25(13,23)24)19-16(22)20-15/h3-5,8,12-13,15H,1-2,6-7,9H2,(H,18,21)(H2,19,20,22). The van der Waals surface area contributed by atoms with E-state index in [4.69, 9.17) is 11.6 Å². The molecule has 3 atom stereocenters. The van der Waals surface area contributed by atoms with Gasteiger partial charge in [-0.15, -0.1) is 0 Å². The van der Waals surface area contributed by atoms with E-state index in [0.29, 0.717) is 36.4 Å². The van der Waals surface area contributed by atoms with Crippen molar-refractivity contribution in [2.75, 3.05) is 11.1 Å². The molecule has 1 aromatic rings. The molecule has 3 unspecified atom stereocenters. The molecule has 0 radical (unpaired) electrons. The molecule has 0 bridgehead atoms. The van der Waals surface area contributed by atoms with Gasteiger partial charge in [-0.05, 0) is 31.0 Å². The Labute approximate surface area is 151 Å². The summed E-state index contributed by atoms with van der Waals surface area (Å²) in [5, 5.41) is 8.06. The molecular weight excluding hydrogens is 366 g/mol. The van der Waals surface area contributed by atoms with Crippen LogP contribution in [0.2, 0.25) is 5.02 Å². The summed E-state index contributed by atoms with van der Waals surface area (Å²) in [4.78, 5) is 23.3. The molecule has 25 heavy (non-hydrogen) atoms. The maximum Gasteiger partial charge on any atom is 0.315 e. The third-order valence-corrected chi connectivity index (χ3v) is 7.08. The Morgan fingerprint density at radius 2 is 2.08 bits per heavy atom. The lowest BCUT2D eigenvalue weighted by molar-refractivity contribution is -0.116. The lowest BCUT2D eigenvalue weighted by Crippen LogP contribution is -2.39. The number of urea groups is 1. The number of fused-ring (bicyclic) bond motifs is 1. The van der Waals surface area contributed by atoms with Crippen molar-refractivity contribution < 1.29 is 18.0 Å². The van der Waals surface area contributed by atoms with Gasteiger partial charge in [0, 0.05) is 17.1 Å². The molecule has 3 N–H and O–H groups in total. The molecule has 3 rings (SSSR count). The molecule has 2 saturated heterocycles. The molecular formula is C16H20ClN3O4S. The first kappa shape index (κ1) is 18.0. The van der Waals surface area contributed by atoms with Crippen LogP contribution in [0.4, 0.5) is 10.5 Å². The van der Waals surface area contributed by atoms with Crippen LogP contribution in [0.5, 0.6) is 0 Å². The number of amides is 3. The monoisotopic (exact) mass is 385 g/mol. The van der Waals surface area contributed by atoms with E-state index in [9.17, 15) is 18.0 Å². The minimum absolute atomic E-state index is 0.0175. The van der Waals surface area contributed by atoms with Gasteiger partial charge in [-0.1, -0.05) is 24.1 Å². The number of carbonyl (C=O) groups is 2. The molecule has 2 fully saturated rings. The Kier molecular flexibility index (Phi) is 5.19. The average molecular weight is 386 g/mol. The third-order valence-electron chi connectivity index (χ3n) is 4.57. The summed E-state index contributed by atoms with van der Waals surface area (Å²) in [5.74, 6) is -0.152. The van der Waals surface area contributed by atoms with E-state index in [1.807, 2.05) is 0 Å². The second kappa shape index (κ2) is 7.21. The molecule has 0 saturated carbocycles. The van der Waals surface area contributed by atoms with Crippen molar-refractivity contribution in [1.82, 2.24) is 10.6 Å². The van der Waals surface area contributed by atoms with E-state index in [1.165, 1.54) is 0 Å². The number of halogens is 1. The first-order chi connectivity index (χ1) is 11.8. The summed E-state index contributed by atoms with van der Waals surface area (Å²) in [7, 11) is -3.22. The minimum atomic E-state index is -3.22. The molecule has 2 aliphatic rings. The number of anilines is 1. The van der Waals surface area contributed by atoms with Crippen LogP contribution in [0.1, 0.15) is 25.7 Å². The Balaban J connectivity index is 1.45. The fourth-order valence-electron chi connectivity index (χ4n) is 3.43. The lowest BCUT2D eigenvalue weighted by atomic mass is 10.0. The Morgan fingerprint density at radius 1 is 1.28 bits per heavy atom. The van der Waals surface area contributed by atoms with E-state index in [-0.39, 0.29) is 29.8 Å². The quantitative estimate of drug-likeness (QED) is 0.512. The van der Waals surface area contributed by atoms with Gasteiger partial charge < -0.3 is 16.0 Å². The van der Waals surface area contributed by atoms with Gasteiger partial charge in [0.1, 0.15) is 0 Å². The Hall–Kier alpha value is -1.80. The smallest absolute Gasteiger partial charge is 0.315 e. The number of unbranched alkanes of at least 4 members (excludes halogenated alkanes) is 1.